The third-order valence-electron chi connectivity index (χ3n) is 3.68. The quantitative estimate of drug-likeness (QED) is 0.415. The zero-order chi connectivity index (χ0) is 12.9. The molecule has 0 aliphatic heterocycles. The molecule has 0 atom stereocenters. The molecule has 1 aromatic rings. The first kappa shape index (κ1) is 16.9. The molecule has 18 heavy (non-hydrogen) atoms. The number of rotatable bonds is 6. The summed E-state index contributed by atoms with van der Waals surface area (Å²) in [5.74, 6) is 0. The highest BCUT2D eigenvalue weighted by atomic mass is 35.5. The highest BCUT2D eigenvalue weighted by molar-refractivity contribution is 5.32. The van der Waals surface area contributed by atoms with Crippen molar-refractivity contribution in [2.75, 3.05) is 19.6 Å². The van der Waals surface area contributed by atoms with Gasteiger partial charge in [0.1, 0.15) is 6.54 Å². The molecule has 0 saturated heterocycles. The predicted octanol–water partition coefficient (Wildman–Crippen LogP) is -0.0247. The molecule has 0 radical (unpaired) electrons. The summed E-state index contributed by atoms with van der Waals surface area (Å²) < 4.78 is 1.03. The SMILES string of the molecule is CC[N+](CC)(CC)Cc1ccc([N+](=O)[O-])cc1.[Cl-]. The summed E-state index contributed by atoms with van der Waals surface area (Å²) in [5, 5.41) is 10.6. The molecule has 0 N–H and O–H groups in total. The van der Waals surface area contributed by atoms with Crippen molar-refractivity contribution < 1.29 is 21.8 Å². The van der Waals surface area contributed by atoms with Crippen LogP contribution in [0.1, 0.15) is 26.3 Å². The number of benzene rings is 1. The molecule has 0 fully saturated rings. The number of halogens is 1. The zero-order valence-corrected chi connectivity index (χ0v) is 12.0. The van der Waals surface area contributed by atoms with Gasteiger partial charge in [-0.1, -0.05) is 0 Å². The van der Waals surface area contributed by atoms with Crippen molar-refractivity contribution in [3.05, 3.63) is 39.9 Å². The maximum Gasteiger partial charge on any atom is 0.269 e. The van der Waals surface area contributed by atoms with Gasteiger partial charge in [0.2, 0.25) is 0 Å². The summed E-state index contributed by atoms with van der Waals surface area (Å²) in [7, 11) is 0. The van der Waals surface area contributed by atoms with E-state index in [1.54, 1.807) is 12.1 Å². The van der Waals surface area contributed by atoms with Gasteiger partial charge in [-0.25, -0.2) is 0 Å². The monoisotopic (exact) mass is 272 g/mol. The molecule has 102 valence electrons. The minimum Gasteiger partial charge on any atom is -1.00 e. The largest absolute Gasteiger partial charge is 1.00 e. The first-order valence-electron chi connectivity index (χ1n) is 6.15. The molecule has 0 spiro atoms. The van der Waals surface area contributed by atoms with Gasteiger partial charge in [-0.15, -0.1) is 0 Å². The molecule has 0 aliphatic carbocycles. The van der Waals surface area contributed by atoms with E-state index >= 15 is 0 Å². The Morgan fingerprint density at radius 1 is 1.06 bits per heavy atom. The summed E-state index contributed by atoms with van der Waals surface area (Å²) in [4.78, 5) is 10.2. The number of nitro benzene ring substituents is 1. The molecule has 0 unspecified atom stereocenters. The fraction of sp³-hybridized carbons (Fsp3) is 0.538. The van der Waals surface area contributed by atoms with Crippen molar-refractivity contribution in [3.8, 4) is 0 Å². The lowest BCUT2D eigenvalue weighted by atomic mass is 10.1. The van der Waals surface area contributed by atoms with Gasteiger partial charge in [-0.05, 0) is 32.9 Å². The Hall–Kier alpha value is -1.13. The van der Waals surface area contributed by atoms with Crippen LogP contribution in [0.3, 0.4) is 0 Å². The number of nitrogens with zero attached hydrogens (tertiary/aromatic N) is 2. The van der Waals surface area contributed by atoms with Crippen LogP contribution in [0.25, 0.3) is 0 Å². The smallest absolute Gasteiger partial charge is 0.269 e. The molecular formula is C13H21ClN2O2. The minimum atomic E-state index is -0.356. The fourth-order valence-corrected chi connectivity index (χ4v) is 2.12. The van der Waals surface area contributed by atoms with Crippen LogP contribution < -0.4 is 12.4 Å². The lowest BCUT2D eigenvalue weighted by molar-refractivity contribution is -0.936. The topological polar surface area (TPSA) is 43.1 Å². The van der Waals surface area contributed by atoms with Gasteiger partial charge < -0.3 is 16.9 Å². The van der Waals surface area contributed by atoms with Crippen molar-refractivity contribution in [2.24, 2.45) is 0 Å². The molecule has 4 nitrogen and oxygen atoms in total. The van der Waals surface area contributed by atoms with Gasteiger partial charge in [0.25, 0.3) is 5.69 Å². The van der Waals surface area contributed by atoms with E-state index in [1.165, 1.54) is 5.56 Å². The Labute approximate surface area is 115 Å². The average Bonchev–Trinajstić information content (AvgIpc) is 2.37. The van der Waals surface area contributed by atoms with Crippen LogP contribution in [0.4, 0.5) is 5.69 Å². The van der Waals surface area contributed by atoms with Gasteiger partial charge >= 0.3 is 0 Å². The van der Waals surface area contributed by atoms with Crippen LogP contribution in [0.2, 0.25) is 0 Å². The van der Waals surface area contributed by atoms with E-state index in [-0.39, 0.29) is 23.0 Å². The minimum absolute atomic E-state index is 0. The van der Waals surface area contributed by atoms with Gasteiger partial charge in [-0.3, -0.25) is 10.1 Å². The van der Waals surface area contributed by atoms with E-state index < -0.39 is 0 Å². The van der Waals surface area contributed by atoms with Crippen molar-refractivity contribution in [1.82, 2.24) is 0 Å². The van der Waals surface area contributed by atoms with E-state index in [1.807, 2.05) is 12.1 Å². The Morgan fingerprint density at radius 2 is 1.50 bits per heavy atom. The summed E-state index contributed by atoms with van der Waals surface area (Å²) in [6.45, 7) is 10.8. The van der Waals surface area contributed by atoms with Crippen molar-refractivity contribution >= 4 is 5.69 Å². The van der Waals surface area contributed by atoms with Crippen molar-refractivity contribution in [1.29, 1.82) is 0 Å². The van der Waals surface area contributed by atoms with E-state index in [9.17, 15) is 10.1 Å². The molecule has 0 aliphatic rings. The van der Waals surface area contributed by atoms with Crippen molar-refractivity contribution in [2.45, 2.75) is 27.3 Å². The summed E-state index contributed by atoms with van der Waals surface area (Å²) >= 11 is 0. The molecule has 1 rings (SSSR count). The van der Waals surface area contributed by atoms with Crippen LogP contribution in [-0.4, -0.2) is 29.0 Å². The molecule has 0 heterocycles. The molecule has 0 amide bonds. The number of hydrogen-bond donors (Lipinski definition) is 0. The number of nitro groups is 1. The first-order chi connectivity index (χ1) is 8.06. The summed E-state index contributed by atoms with van der Waals surface area (Å²) in [6.07, 6.45) is 0. The molecule has 5 heteroatoms. The van der Waals surface area contributed by atoms with Gasteiger partial charge in [0, 0.05) is 17.7 Å². The van der Waals surface area contributed by atoms with E-state index in [4.69, 9.17) is 0 Å². The van der Waals surface area contributed by atoms with E-state index in [0.717, 1.165) is 30.7 Å². The molecular weight excluding hydrogens is 252 g/mol. The standard InChI is InChI=1S/C13H21N2O2.ClH/c1-4-15(5-2,6-3)11-12-7-9-13(10-8-12)14(16)17;/h7-10H,4-6,11H2,1-3H3;1H/q+1;/p-1. The maximum absolute atomic E-state index is 10.6. The van der Waals surface area contributed by atoms with E-state index in [2.05, 4.69) is 20.8 Å². The maximum atomic E-state index is 10.6. The lowest BCUT2D eigenvalue weighted by Crippen LogP contribution is -3.00. The third kappa shape index (κ3) is 3.96. The Morgan fingerprint density at radius 3 is 1.83 bits per heavy atom. The van der Waals surface area contributed by atoms with E-state index in [0.29, 0.717) is 0 Å². The first-order valence-corrected chi connectivity index (χ1v) is 6.15. The van der Waals surface area contributed by atoms with Crippen LogP contribution >= 0.6 is 0 Å². The van der Waals surface area contributed by atoms with Gasteiger partial charge in [-0.2, -0.15) is 0 Å². The van der Waals surface area contributed by atoms with Gasteiger partial charge in [0.15, 0.2) is 0 Å². The molecule has 1 aromatic carbocycles. The Bertz CT molecular complexity index is 367. The fourth-order valence-electron chi connectivity index (χ4n) is 2.12. The number of non-ortho nitro benzene ring substituents is 1. The number of quaternary nitrogens is 1. The second kappa shape index (κ2) is 7.34. The van der Waals surface area contributed by atoms with Gasteiger partial charge in [0.05, 0.1) is 24.6 Å². The average molecular weight is 273 g/mol. The number of hydrogen-bond acceptors (Lipinski definition) is 2. The highest BCUT2D eigenvalue weighted by Gasteiger charge is 2.21. The van der Waals surface area contributed by atoms with Crippen LogP contribution in [-0.2, 0) is 6.54 Å². The summed E-state index contributed by atoms with van der Waals surface area (Å²) in [6, 6.07) is 6.91. The van der Waals surface area contributed by atoms with Crippen LogP contribution in [0, 0.1) is 10.1 Å². The second-order valence-corrected chi connectivity index (χ2v) is 4.37. The Kier molecular flexibility index (Phi) is 6.88. The second-order valence-electron chi connectivity index (χ2n) is 4.37. The molecule has 0 saturated carbocycles. The third-order valence-corrected chi connectivity index (χ3v) is 3.68. The Balaban J connectivity index is 0.00000289. The summed E-state index contributed by atoms with van der Waals surface area (Å²) in [5.41, 5.74) is 1.33. The van der Waals surface area contributed by atoms with Crippen molar-refractivity contribution in [3.63, 3.8) is 0 Å². The highest BCUT2D eigenvalue weighted by Crippen LogP contribution is 2.17. The zero-order valence-electron chi connectivity index (χ0n) is 11.2. The normalized spacial score (nSPS) is 10.8. The lowest BCUT2D eigenvalue weighted by Gasteiger charge is -2.35. The molecule has 0 bridgehead atoms. The predicted molar refractivity (Wildman–Crippen MR) is 68.7 cm³/mol. The van der Waals surface area contributed by atoms with Crippen LogP contribution in [0.5, 0.6) is 0 Å². The molecule has 0 aromatic heterocycles. The van der Waals surface area contributed by atoms with Crippen LogP contribution in [0.15, 0.2) is 24.3 Å².